The average Bonchev–Trinajstić information content (AvgIpc) is 3.20. The fourth-order valence-electron chi connectivity index (χ4n) is 6.77. The van der Waals surface area contributed by atoms with E-state index in [1.54, 1.807) is 47.4 Å². The Balaban J connectivity index is 0.00000520. The van der Waals surface area contributed by atoms with Crippen LogP contribution in [0.1, 0.15) is 76.9 Å². The molecular weight excluding hydrogens is 651 g/mol. The first kappa shape index (κ1) is 36.9. The SMILES string of the molecule is Cc1ccccc1C(=O)Nc1ccc(C(=O)N2CCCC(C(C(=O)O)N3CCN(C(=O)C(C)(C)C)CC3)c3cc(Cl)ccc32)c(C)c1.Cl. The maximum absolute atomic E-state index is 14.2. The van der Waals surface area contributed by atoms with Gasteiger partial charge in [0.1, 0.15) is 6.04 Å². The normalized spacial score (nSPS) is 17.4. The van der Waals surface area contributed by atoms with Crippen LogP contribution in [0.4, 0.5) is 11.4 Å². The molecule has 0 saturated carbocycles. The number of fused-ring (bicyclic) bond motifs is 1. The van der Waals surface area contributed by atoms with E-state index in [9.17, 15) is 24.3 Å². The van der Waals surface area contributed by atoms with Crippen molar-refractivity contribution in [3.63, 3.8) is 0 Å². The van der Waals surface area contributed by atoms with Gasteiger partial charge in [-0.3, -0.25) is 24.1 Å². The highest BCUT2D eigenvalue weighted by Gasteiger charge is 2.41. The summed E-state index contributed by atoms with van der Waals surface area (Å²) in [5, 5.41) is 14.0. The van der Waals surface area contributed by atoms with Gasteiger partial charge in [-0.05, 0) is 85.8 Å². The summed E-state index contributed by atoms with van der Waals surface area (Å²) in [6.45, 7) is 11.6. The van der Waals surface area contributed by atoms with Crippen LogP contribution in [-0.2, 0) is 9.59 Å². The minimum atomic E-state index is -0.935. The van der Waals surface area contributed by atoms with Crippen LogP contribution in [-0.4, -0.2) is 77.4 Å². The van der Waals surface area contributed by atoms with E-state index in [2.05, 4.69) is 5.32 Å². The number of anilines is 2. The molecule has 2 aliphatic rings. The van der Waals surface area contributed by atoms with Crippen molar-refractivity contribution in [1.29, 1.82) is 0 Å². The Hall–Kier alpha value is -3.92. The topological polar surface area (TPSA) is 110 Å². The second kappa shape index (κ2) is 15.1. The fraction of sp³-hybridized carbons (Fsp3) is 0.405. The van der Waals surface area contributed by atoms with Crippen molar-refractivity contribution in [1.82, 2.24) is 9.80 Å². The van der Waals surface area contributed by atoms with Gasteiger partial charge in [0.2, 0.25) is 5.91 Å². The molecule has 1 fully saturated rings. The second-order valence-electron chi connectivity index (χ2n) is 13.6. The molecule has 1 saturated heterocycles. The Morgan fingerprint density at radius 2 is 1.56 bits per heavy atom. The number of nitrogens with one attached hydrogen (secondary N) is 1. The van der Waals surface area contributed by atoms with Crippen LogP contribution in [0.15, 0.2) is 60.7 Å². The Bertz CT molecular complexity index is 1700. The van der Waals surface area contributed by atoms with E-state index < -0.39 is 23.3 Å². The van der Waals surface area contributed by atoms with Crippen molar-refractivity contribution in [3.8, 4) is 0 Å². The quantitative estimate of drug-likeness (QED) is 0.294. The number of carbonyl (C=O) groups is 4. The molecule has 3 aromatic rings. The number of amides is 3. The maximum Gasteiger partial charge on any atom is 0.321 e. The second-order valence-corrected chi connectivity index (χ2v) is 14.0. The number of hydrogen-bond donors (Lipinski definition) is 2. The molecule has 2 unspecified atom stereocenters. The van der Waals surface area contributed by atoms with Crippen LogP contribution in [0.5, 0.6) is 0 Å². The van der Waals surface area contributed by atoms with Gasteiger partial charge >= 0.3 is 5.97 Å². The van der Waals surface area contributed by atoms with E-state index in [4.69, 9.17) is 11.6 Å². The summed E-state index contributed by atoms with van der Waals surface area (Å²) in [4.78, 5) is 58.3. The number of carbonyl (C=O) groups excluding carboxylic acids is 3. The van der Waals surface area contributed by atoms with Crippen molar-refractivity contribution in [2.45, 2.75) is 59.4 Å². The number of halogens is 2. The van der Waals surface area contributed by atoms with Crippen molar-refractivity contribution in [2.24, 2.45) is 5.41 Å². The van der Waals surface area contributed by atoms with E-state index in [1.165, 1.54) is 0 Å². The first-order valence-corrected chi connectivity index (χ1v) is 16.5. The molecule has 2 aliphatic heterocycles. The zero-order valence-electron chi connectivity index (χ0n) is 28.1. The lowest BCUT2D eigenvalue weighted by Crippen LogP contribution is -2.57. The molecular formula is C37H44Cl2N4O5. The summed E-state index contributed by atoms with van der Waals surface area (Å²) in [6, 6.07) is 17.1. The molecule has 2 N–H and O–H groups in total. The first-order valence-electron chi connectivity index (χ1n) is 16.1. The molecule has 11 heteroatoms. The molecule has 48 heavy (non-hydrogen) atoms. The number of hydrogen-bond acceptors (Lipinski definition) is 5. The zero-order valence-corrected chi connectivity index (χ0v) is 29.7. The zero-order chi connectivity index (χ0) is 34.0. The van der Waals surface area contributed by atoms with E-state index in [-0.39, 0.29) is 30.1 Å². The highest BCUT2D eigenvalue weighted by atomic mass is 35.5. The van der Waals surface area contributed by atoms with Crippen molar-refractivity contribution >= 4 is 59.1 Å². The van der Waals surface area contributed by atoms with Crippen LogP contribution in [0.3, 0.4) is 0 Å². The van der Waals surface area contributed by atoms with E-state index in [0.717, 1.165) is 11.1 Å². The Labute approximate surface area is 293 Å². The first-order chi connectivity index (χ1) is 22.3. The predicted molar refractivity (Wildman–Crippen MR) is 192 cm³/mol. The highest BCUT2D eigenvalue weighted by molar-refractivity contribution is 6.30. The molecule has 0 aromatic heterocycles. The van der Waals surface area contributed by atoms with Gasteiger partial charge in [-0.25, -0.2) is 0 Å². The molecule has 256 valence electrons. The van der Waals surface area contributed by atoms with Gasteiger partial charge in [-0.2, -0.15) is 0 Å². The van der Waals surface area contributed by atoms with Gasteiger partial charge in [-0.15, -0.1) is 12.4 Å². The summed E-state index contributed by atoms with van der Waals surface area (Å²) >= 11 is 6.50. The number of benzene rings is 3. The third-order valence-electron chi connectivity index (χ3n) is 9.20. The maximum atomic E-state index is 14.2. The van der Waals surface area contributed by atoms with Crippen LogP contribution >= 0.6 is 24.0 Å². The summed E-state index contributed by atoms with van der Waals surface area (Å²) in [5.74, 6) is -1.72. The minimum Gasteiger partial charge on any atom is -0.480 e. The summed E-state index contributed by atoms with van der Waals surface area (Å²) in [7, 11) is 0. The fourth-order valence-corrected chi connectivity index (χ4v) is 6.95. The molecule has 2 atom stereocenters. The molecule has 3 aromatic carbocycles. The van der Waals surface area contributed by atoms with Crippen LogP contribution < -0.4 is 10.2 Å². The smallest absolute Gasteiger partial charge is 0.321 e. The molecule has 9 nitrogen and oxygen atoms in total. The van der Waals surface area contributed by atoms with E-state index in [1.807, 2.05) is 62.6 Å². The number of carboxylic acids is 1. The number of aliphatic carboxylic acids is 1. The number of nitrogens with zero attached hydrogens (tertiary/aromatic N) is 3. The average molecular weight is 696 g/mol. The lowest BCUT2D eigenvalue weighted by atomic mass is 9.85. The van der Waals surface area contributed by atoms with Gasteiger partial charge in [-0.1, -0.05) is 50.6 Å². The van der Waals surface area contributed by atoms with Gasteiger partial charge in [0.25, 0.3) is 11.8 Å². The molecule has 5 rings (SSSR count). The third-order valence-corrected chi connectivity index (χ3v) is 9.43. The predicted octanol–water partition coefficient (Wildman–Crippen LogP) is 6.80. The highest BCUT2D eigenvalue weighted by Crippen LogP contribution is 2.41. The lowest BCUT2D eigenvalue weighted by molar-refractivity contribution is -0.147. The molecule has 0 bridgehead atoms. The van der Waals surface area contributed by atoms with Crippen molar-refractivity contribution in [2.75, 3.05) is 42.9 Å². The molecule has 0 spiro atoms. The van der Waals surface area contributed by atoms with Crippen LogP contribution in [0.2, 0.25) is 5.02 Å². The summed E-state index contributed by atoms with van der Waals surface area (Å²) < 4.78 is 0. The van der Waals surface area contributed by atoms with Gasteiger partial charge < -0.3 is 20.2 Å². The third kappa shape index (κ3) is 7.86. The van der Waals surface area contributed by atoms with Gasteiger partial charge in [0.15, 0.2) is 0 Å². The van der Waals surface area contributed by atoms with E-state index in [0.29, 0.717) is 78.7 Å². The lowest BCUT2D eigenvalue weighted by Gasteiger charge is -2.42. The van der Waals surface area contributed by atoms with Gasteiger partial charge in [0.05, 0.1) is 0 Å². The molecule has 3 amide bonds. The Kier molecular flexibility index (Phi) is 11.6. The Morgan fingerprint density at radius 1 is 0.875 bits per heavy atom. The minimum absolute atomic E-state index is 0. The number of aryl methyl sites for hydroxylation is 2. The number of piperazine rings is 1. The summed E-state index contributed by atoms with van der Waals surface area (Å²) in [6.07, 6.45) is 1.15. The standard InChI is InChI=1S/C37H43ClN4O5.ClH/c1-23-9-6-7-10-27(23)33(43)39-26-13-14-28(24(2)21-26)34(44)42-16-8-11-29(30-22-25(38)12-15-31(30)42)32(35(45)46)40-17-19-41(20-18-40)36(47)37(3,4)5;/h6-7,9-10,12-15,21-22,29,32H,8,11,16-20H2,1-5H3,(H,39,43)(H,45,46);1H. The van der Waals surface area contributed by atoms with Crippen molar-refractivity contribution in [3.05, 3.63) is 93.5 Å². The largest absolute Gasteiger partial charge is 0.480 e. The monoisotopic (exact) mass is 694 g/mol. The van der Waals surface area contributed by atoms with Crippen molar-refractivity contribution < 1.29 is 24.3 Å². The number of rotatable bonds is 6. The molecule has 0 aliphatic carbocycles. The molecule has 2 heterocycles. The number of carboxylic acid groups (broad SMARTS) is 1. The molecule has 0 radical (unpaired) electrons. The Morgan fingerprint density at radius 3 is 2.19 bits per heavy atom. The van der Waals surface area contributed by atoms with Crippen LogP contribution in [0.25, 0.3) is 0 Å². The van der Waals surface area contributed by atoms with Crippen LogP contribution in [0, 0.1) is 19.3 Å². The summed E-state index contributed by atoms with van der Waals surface area (Å²) in [5.41, 5.74) is 4.11. The van der Waals surface area contributed by atoms with E-state index >= 15 is 0 Å². The van der Waals surface area contributed by atoms with Gasteiger partial charge in [0, 0.05) is 71.6 Å².